The van der Waals surface area contributed by atoms with E-state index in [9.17, 15) is 4.79 Å². The number of hydrogen-bond acceptors (Lipinski definition) is 4. The van der Waals surface area contributed by atoms with Crippen molar-refractivity contribution in [1.29, 1.82) is 0 Å². The highest BCUT2D eigenvalue weighted by Gasteiger charge is 2.31. The Kier molecular flexibility index (Phi) is 5.37. The van der Waals surface area contributed by atoms with Crippen LogP contribution in [0.15, 0.2) is 18.2 Å². The number of nitrogens with one attached hydrogen (secondary N) is 1. The highest BCUT2D eigenvalue weighted by atomic mass is 35.5. The van der Waals surface area contributed by atoms with E-state index in [1.807, 2.05) is 0 Å². The smallest absolute Gasteiger partial charge is 0.253 e. The van der Waals surface area contributed by atoms with E-state index in [4.69, 9.17) is 38.5 Å². The zero-order valence-electron chi connectivity index (χ0n) is 9.36. The molecule has 100 valence electrons. The van der Waals surface area contributed by atoms with Gasteiger partial charge in [0.1, 0.15) is 5.54 Å². The van der Waals surface area contributed by atoms with Crippen molar-refractivity contribution in [2.45, 2.75) is 5.54 Å². The fraction of sp³-hybridized carbons (Fsp3) is 0.364. The van der Waals surface area contributed by atoms with Crippen molar-refractivity contribution < 1.29 is 20.1 Å². The number of hydrogen-bond donors (Lipinski definition) is 4. The third kappa shape index (κ3) is 3.13. The van der Waals surface area contributed by atoms with Crippen LogP contribution in [0.3, 0.4) is 0 Å². The summed E-state index contributed by atoms with van der Waals surface area (Å²) in [6.45, 7) is -1.82. The van der Waals surface area contributed by atoms with Gasteiger partial charge in [0.2, 0.25) is 0 Å². The average molecular weight is 294 g/mol. The van der Waals surface area contributed by atoms with Crippen molar-refractivity contribution in [3.63, 3.8) is 0 Å². The number of halogens is 2. The second-order valence-corrected chi connectivity index (χ2v) is 4.60. The molecule has 5 nitrogen and oxygen atoms in total. The fourth-order valence-corrected chi connectivity index (χ4v) is 1.64. The minimum atomic E-state index is -1.50. The van der Waals surface area contributed by atoms with Gasteiger partial charge in [-0.1, -0.05) is 29.3 Å². The number of aliphatic hydroxyl groups is 3. The highest BCUT2D eigenvalue weighted by Crippen LogP contribution is 2.25. The maximum Gasteiger partial charge on any atom is 0.253 e. The third-order valence-electron chi connectivity index (χ3n) is 2.48. The number of amides is 1. The molecule has 0 heterocycles. The van der Waals surface area contributed by atoms with Crippen LogP contribution in [0.4, 0.5) is 0 Å². The molecular weight excluding hydrogens is 281 g/mol. The van der Waals surface area contributed by atoms with E-state index in [0.717, 1.165) is 0 Å². The van der Waals surface area contributed by atoms with Gasteiger partial charge in [0, 0.05) is 0 Å². The Morgan fingerprint density at radius 1 is 1.17 bits per heavy atom. The fourth-order valence-electron chi connectivity index (χ4n) is 1.26. The van der Waals surface area contributed by atoms with Gasteiger partial charge in [-0.25, -0.2) is 0 Å². The first-order chi connectivity index (χ1) is 8.49. The highest BCUT2D eigenvalue weighted by molar-refractivity contribution is 6.43. The minimum absolute atomic E-state index is 0.0689. The normalized spacial score (nSPS) is 11.4. The Bertz CT molecular complexity index is 427. The van der Waals surface area contributed by atoms with E-state index in [2.05, 4.69) is 5.32 Å². The molecular formula is C11H13Cl2NO4. The third-order valence-corrected chi connectivity index (χ3v) is 3.30. The summed E-state index contributed by atoms with van der Waals surface area (Å²) in [5, 5.41) is 29.9. The molecule has 0 bridgehead atoms. The van der Waals surface area contributed by atoms with Crippen LogP contribution in [0.25, 0.3) is 0 Å². The van der Waals surface area contributed by atoms with Crippen molar-refractivity contribution in [2.24, 2.45) is 0 Å². The van der Waals surface area contributed by atoms with Gasteiger partial charge >= 0.3 is 0 Å². The monoisotopic (exact) mass is 293 g/mol. The van der Waals surface area contributed by atoms with Gasteiger partial charge in [-0.15, -0.1) is 0 Å². The Labute approximate surface area is 114 Å². The molecule has 7 heteroatoms. The second kappa shape index (κ2) is 6.36. The van der Waals surface area contributed by atoms with Crippen molar-refractivity contribution >= 4 is 29.1 Å². The lowest BCUT2D eigenvalue weighted by molar-refractivity contribution is 0.0375. The number of benzene rings is 1. The summed E-state index contributed by atoms with van der Waals surface area (Å²) >= 11 is 11.6. The molecule has 0 aliphatic carbocycles. The van der Waals surface area contributed by atoms with Crippen LogP contribution in [0, 0.1) is 0 Å². The van der Waals surface area contributed by atoms with Gasteiger partial charge in [0.05, 0.1) is 35.4 Å². The molecule has 1 aromatic carbocycles. The van der Waals surface area contributed by atoms with Crippen LogP contribution in [-0.2, 0) is 0 Å². The Morgan fingerprint density at radius 3 is 2.22 bits per heavy atom. The Balaban J connectivity index is 2.98. The average Bonchev–Trinajstić information content (AvgIpc) is 2.39. The number of rotatable bonds is 5. The summed E-state index contributed by atoms with van der Waals surface area (Å²) in [5.41, 5.74) is -1.40. The molecule has 1 rings (SSSR count). The first-order valence-corrected chi connectivity index (χ1v) is 5.84. The van der Waals surface area contributed by atoms with Crippen LogP contribution < -0.4 is 5.32 Å². The van der Waals surface area contributed by atoms with E-state index in [1.54, 1.807) is 6.07 Å². The summed E-state index contributed by atoms with van der Waals surface area (Å²) < 4.78 is 0. The molecule has 0 atom stereocenters. The molecule has 0 radical (unpaired) electrons. The molecule has 4 N–H and O–H groups in total. The van der Waals surface area contributed by atoms with E-state index in [0.29, 0.717) is 0 Å². The predicted octanol–water partition coefficient (Wildman–Crippen LogP) is 0.439. The van der Waals surface area contributed by atoms with Gasteiger partial charge in [0.15, 0.2) is 0 Å². The van der Waals surface area contributed by atoms with E-state index in [-0.39, 0.29) is 15.6 Å². The topological polar surface area (TPSA) is 89.8 Å². The molecule has 18 heavy (non-hydrogen) atoms. The molecule has 0 aromatic heterocycles. The van der Waals surface area contributed by atoms with E-state index >= 15 is 0 Å². The van der Waals surface area contributed by atoms with Crippen LogP contribution >= 0.6 is 23.2 Å². The van der Waals surface area contributed by atoms with Gasteiger partial charge in [0.25, 0.3) is 5.91 Å². The summed E-state index contributed by atoms with van der Waals surface area (Å²) in [7, 11) is 0. The Morgan fingerprint density at radius 2 is 1.72 bits per heavy atom. The number of aliphatic hydroxyl groups excluding tert-OH is 3. The lowest BCUT2D eigenvalue weighted by atomic mass is 10.0. The molecule has 0 saturated carbocycles. The first kappa shape index (κ1) is 15.2. The minimum Gasteiger partial charge on any atom is -0.394 e. The summed E-state index contributed by atoms with van der Waals surface area (Å²) in [4.78, 5) is 11.9. The standard InChI is InChI=1S/C11H13Cl2NO4/c12-8-3-1-2-7(9(8)13)10(18)14-11(4-15,5-16)6-17/h1-3,15-17H,4-6H2,(H,14,18). The molecule has 1 amide bonds. The molecule has 0 saturated heterocycles. The SMILES string of the molecule is O=C(NC(CO)(CO)CO)c1cccc(Cl)c1Cl. The van der Waals surface area contributed by atoms with Crippen molar-refractivity contribution in [3.8, 4) is 0 Å². The lowest BCUT2D eigenvalue weighted by Crippen LogP contribution is -2.57. The van der Waals surface area contributed by atoms with Crippen LogP contribution in [0.5, 0.6) is 0 Å². The van der Waals surface area contributed by atoms with Gasteiger partial charge in [-0.3, -0.25) is 4.79 Å². The van der Waals surface area contributed by atoms with Crippen molar-refractivity contribution in [1.82, 2.24) is 5.32 Å². The summed E-state index contributed by atoms with van der Waals surface area (Å²) in [6, 6.07) is 4.51. The predicted molar refractivity (Wildman–Crippen MR) is 67.9 cm³/mol. The molecule has 1 aromatic rings. The molecule has 0 unspecified atom stereocenters. The van der Waals surface area contributed by atoms with Gasteiger partial charge in [-0.2, -0.15) is 0 Å². The summed E-state index contributed by atoms with van der Waals surface area (Å²) in [5.74, 6) is -0.639. The number of carbonyl (C=O) groups is 1. The second-order valence-electron chi connectivity index (χ2n) is 3.81. The molecule has 0 aliphatic rings. The zero-order chi connectivity index (χ0) is 13.8. The molecule has 0 aliphatic heterocycles. The largest absolute Gasteiger partial charge is 0.394 e. The van der Waals surface area contributed by atoms with Crippen LogP contribution in [-0.4, -0.2) is 46.6 Å². The maximum absolute atomic E-state index is 11.9. The molecule has 0 fully saturated rings. The Hall–Kier alpha value is -0.850. The van der Waals surface area contributed by atoms with Crippen LogP contribution in [0.2, 0.25) is 10.0 Å². The maximum atomic E-state index is 11.9. The number of carbonyl (C=O) groups excluding carboxylic acids is 1. The quantitative estimate of drug-likeness (QED) is 0.634. The van der Waals surface area contributed by atoms with Crippen LogP contribution in [0.1, 0.15) is 10.4 Å². The van der Waals surface area contributed by atoms with E-state index < -0.39 is 31.3 Å². The van der Waals surface area contributed by atoms with Gasteiger partial charge in [-0.05, 0) is 12.1 Å². The van der Waals surface area contributed by atoms with Gasteiger partial charge < -0.3 is 20.6 Å². The summed E-state index contributed by atoms with van der Waals surface area (Å²) in [6.07, 6.45) is 0. The first-order valence-electron chi connectivity index (χ1n) is 5.09. The van der Waals surface area contributed by atoms with E-state index in [1.165, 1.54) is 12.1 Å². The lowest BCUT2D eigenvalue weighted by Gasteiger charge is -2.28. The zero-order valence-corrected chi connectivity index (χ0v) is 10.9. The van der Waals surface area contributed by atoms with Crippen molar-refractivity contribution in [2.75, 3.05) is 19.8 Å². The van der Waals surface area contributed by atoms with Crippen molar-refractivity contribution in [3.05, 3.63) is 33.8 Å². The molecule has 0 spiro atoms.